The van der Waals surface area contributed by atoms with Crippen LogP contribution in [0.25, 0.3) is 22.6 Å². The molecule has 1 aliphatic heterocycles. The monoisotopic (exact) mass is 686 g/mol. The van der Waals surface area contributed by atoms with E-state index in [0.29, 0.717) is 18.1 Å². The molecule has 1 N–H and O–H groups in total. The number of H-pyrrole nitrogens is 1. The van der Waals surface area contributed by atoms with Gasteiger partial charge in [0.2, 0.25) is 0 Å². The second kappa shape index (κ2) is 12.5. The van der Waals surface area contributed by atoms with E-state index in [-0.39, 0.29) is 26.2 Å². The third kappa shape index (κ3) is 7.37. The molecule has 1 fully saturated rings. The molecule has 4 rings (SSSR count). The molecule has 0 radical (unpaired) electrons. The molecular formula is C34H58N4O5Si3. The van der Waals surface area contributed by atoms with Crippen LogP contribution in [-0.4, -0.2) is 69.4 Å². The molecular weight excluding hydrogens is 629 g/mol. The number of rotatable bonds is 9. The number of ether oxygens (including phenoxy) is 1. The number of aromatic amines is 1. The zero-order valence-electron chi connectivity index (χ0n) is 30.9. The average molecular weight is 687 g/mol. The van der Waals surface area contributed by atoms with Gasteiger partial charge in [-0.1, -0.05) is 92.6 Å². The molecule has 2 aromatic heterocycles. The van der Waals surface area contributed by atoms with Gasteiger partial charge >= 0.3 is 0 Å². The van der Waals surface area contributed by atoms with E-state index in [1.54, 1.807) is 6.33 Å². The summed E-state index contributed by atoms with van der Waals surface area (Å²) in [4.78, 5) is 25.7. The van der Waals surface area contributed by atoms with Crippen LogP contribution in [0.5, 0.6) is 0 Å². The maximum atomic E-state index is 13.3. The van der Waals surface area contributed by atoms with Crippen LogP contribution in [0.3, 0.4) is 0 Å². The molecule has 0 amide bonds. The van der Waals surface area contributed by atoms with Gasteiger partial charge in [0, 0.05) is 5.56 Å². The first-order valence-corrected chi connectivity index (χ1v) is 25.3. The lowest BCUT2D eigenvalue weighted by molar-refractivity contribution is -0.0470. The fourth-order valence-electron chi connectivity index (χ4n) is 4.72. The second-order valence-corrected chi connectivity index (χ2v) is 31.7. The fraction of sp³-hybridized carbons (Fsp3) is 0.676. The topological polar surface area (TPSA) is 100 Å². The Morgan fingerprint density at radius 1 is 0.804 bits per heavy atom. The van der Waals surface area contributed by atoms with E-state index in [2.05, 4.69) is 112 Å². The van der Waals surface area contributed by atoms with Crippen molar-refractivity contribution in [1.82, 2.24) is 19.5 Å². The van der Waals surface area contributed by atoms with Crippen molar-refractivity contribution in [2.24, 2.45) is 0 Å². The van der Waals surface area contributed by atoms with E-state index >= 15 is 0 Å². The lowest BCUT2D eigenvalue weighted by Crippen LogP contribution is -2.54. The number of aromatic nitrogens is 4. The van der Waals surface area contributed by atoms with Gasteiger partial charge in [-0.25, -0.2) is 9.97 Å². The number of nitrogens with zero attached hydrogens (tertiary/aromatic N) is 3. The Bertz CT molecular complexity index is 1570. The first-order valence-electron chi connectivity index (χ1n) is 16.5. The van der Waals surface area contributed by atoms with Gasteiger partial charge < -0.3 is 23.0 Å². The van der Waals surface area contributed by atoms with E-state index in [1.165, 1.54) is 0 Å². The summed E-state index contributed by atoms with van der Waals surface area (Å²) in [6, 6.07) is 9.65. The van der Waals surface area contributed by atoms with Gasteiger partial charge in [-0.05, 0) is 54.4 Å². The molecule has 12 heteroatoms. The zero-order chi connectivity index (χ0) is 34.7. The highest BCUT2D eigenvalue weighted by atomic mass is 28.4. The van der Waals surface area contributed by atoms with Crippen molar-refractivity contribution in [2.45, 2.75) is 141 Å². The Kier molecular flexibility index (Phi) is 10.0. The second-order valence-electron chi connectivity index (χ2n) is 17.4. The van der Waals surface area contributed by atoms with Gasteiger partial charge in [0.15, 0.2) is 42.3 Å². The molecule has 0 saturated carbocycles. The zero-order valence-corrected chi connectivity index (χ0v) is 33.9. The van der Waals surface area contributed by atoms with Gasteiger partial charge in [0.05, 0.1) is 12.9 Å². The lowest BCUT2D eigenvalue weighted by atomic mass is 10.1. The standard InChI is InChI=1S/C34H58N4O5Si3/c1-32(2,3)44(10,11)40-21-24-26(42-45(12,13)33(4,5)6)27(43-46(14,15)34(7,8)9)31(41-24)38-22-35-25-29(38)36-28(37-30(25)39)23-19-17-16-18-20-23/h16-20,22,24,26-27,31H,21H2,1-15H3,(H,36,37,39). The molecule has 9 nitrogen and oxygen atoms in total. The van der Waals surface area contributed by atoms with Crippen molar-refractivity contribution in [3.05, 3.63) is 47.0 Å². The van der Waals surface area contributed by atoms with E-state index in [9.17, 15) is 4.79 Å². The van der Waals surface area contributed by atoms with Crippen molar-refractivity contribution in [3.63, 3.8) is 0 Å². The van der Waals surface area contributed by atoms with Crippen molar-refractivity contribution in [2.75, 3.05) is 6.61 Å². The minimum absolute atomic E-state index is 0.0292. The predicted molar refractivity (Wildman–Crippen MR) is 195 cm³/mol. The molecule has 256 valence electrons. The number of nitrogens with one attached hydrogen (secondary N) is 1. The molecule has 4 unspecified atom stereocenters. The smallest absolute Gasteiger partial charge is 0.279 e. The fourth-order valence-corrected chi connectivity index (χ4v) is 8.34. The highest BCUT2D eigenvalue weighted by molar-refractivity contribution is 6.75. The lowest BCUT2D eigenvalue weighted by Gasteiger charge is -2.44. The maximum absolute atomic E-state index is 13.3. The van der Waals surface area contributed by atoms with Gasteiger partial charge in [-0.3, -0.25) is 9.36 Å². The third-order valence-corrected chi connectivity index (χ3v) is 24.4. The molecule has 4 atom stereocenters. The van der Waals surface area contributed by atoms with E-state index < -0.39 is 49.5 Å². The van der Waals surface area contributed by atoms with Crippen molar-refractivity contribution < 1.29 is 18.0 Å². The highest BCUT2D eigenvalue weighted by Crippen LogP contribution is 2.47. The van der Waals surface area contributed by atoms with Crippen LogP contribution >= 0.6 is 0 Å². The summed E-state index contributed by atoms with van der Waals surface area (Å²) in [6.07, 6.45) is -0.218. The average Bonchev–Trinajstić information content (AvgIpc) is 3.47. The van der Waals surface area contributed by atoms with Crippen LogP contribution in [-0.2, 0) is 18.0 Å². The SMILES string of the molecule is CC(C)(C)[Si](C)(C)OCC1OC(n2cnc3c(=O)[nH]c(-c4ccccc4)nc32)C(O[Si](C)(C)C(C)(C)C)C1O[Si](C)(C)C(C)(C)C. The van der Waals surface area contributed by atoms with Gasteiger partial charge in [-0.15, -0.1) is 0 Å². The van der Waals surface area contributed by atoms with Gasteiger partial charge in [0.1, 0.15) is 24.1 Å². The van der Waals surface area contributed by atoms with Crippen molar-refractivity contribution in [3.8, 4) is 11.4 Å². The summed E-state index contributed by atoms with van der Waals surface area (Å²) in [5, 5.41) is -0.0442. The summed E-state index contributed by atoms with van der Waals surface area (Å²) in [6.45, 7) is 34.2. The molecule has 1 saturated heterocycles. The van der Waals surface area contributed by atoms with Crippen LogP contribution in [0.4, 0.5) is 0 Å². The predicted octanol–water partition coefficient (Wildman–Crippen LogP) is 8.49. The highest BCUT2D eigenvalue weighted by Gasteiger charge is 2.55. The number of imidazole rings is 1. The molecule has 0 aliphatic carbocycles. The minimum Gasteiger partial charge on any atom is -0.414 e. The molecule has 3 heterocycles. The molecule has 3 aromatic rings. The Morgan fingerprint density at radius 3 is 1.85 bits per heavy atom. The van der Waals surface area contributed by atoms with Crippen LogP contribution in [0.1, 0.15) is 68.5 Å². The molecule has 1 aromatic carbocycles. The minimum atomic E-state index is -2.35. The first kappa shape index (κ1) is 36.9. The summed E-state index contributed by atoms with van der Waals surface area (Å²) in [7, 11) is -6.76. The van der Waals surface area contributed by atoms with Crippen LogP contribution in [0.2, 0.25) is 54.4 Å². The molecule has 46 heavy (non-hydrogen) atoms. The summed E-state index contributed by atoms with van der Waals surface area (Å²) in [5.74, 6) is 0.478. The molecule has 0 bridgehead atoms. The van der Waals surface area contributed by atoms with Gasteiger partial charge in [-0.2, -0.15) is 0 Å². The van der Waals surface area contributed by atoms with Crippen LogP contribution < -0.4 is 5.56 Å². The largest absolute Gasteiger partial charge is 0.414 e. The van der Waals surface area contributed by atoms with Crippen LogP contribution in [0, 0.1) is 0 Å². The van der Waals surface area contributed by atoms with Crippen molar-refractivity contribution >= 4 is 36.1 Å². The normalized spacial score (nSPS) is 22.2. The van der Waals surface area contributed by atoms with Crippen LogP contribution in [0.15, 0.2) is 41.5 Å². The number of fused-ring (bicyclic) bond motifs is 1. The Labute approximate surface area is 279 Å². The number of hydrogen-bond donors (Lipinski definition) is 1. The van der Waals surface area contributed by atoms with Gasteiger partial charge in [0.25, 0.3) is 5.56 Å². The Morgan fingerprint density at radius 2 is 1.33 bits per heavy atom. The van der Waals surface area contributed by atoms with E-state index in [0.717, 1.165) is 5.56 Å². The molecule has 1 aliphatic rings. The Balaban J connectivity index is 1.89. The summed E-state index contributed by atoms with van der Waals surface area (Å²) in [5.41, 5.74) is 1.23. The molecule has 0 spiro atoms. The van der Waals surface area contributed by atoms with E-state index in [4.69, 9.17) is 23.0 Å². The Hall–Kier alpha value is -1.94. The number of benzene rings is 1. The quantitative estimate of drug-likeness (QED) is 0.225. The third-order valence-electron chi connectivity index (χ3n) is 10.9. The van der Waals surface area contributed by atoms with E-state index in [1.807, 2.05) is 34.9 Å². The summed E-state index contributed by atoms with van der Waals surface area (Å²) < 4.78 is 30.3. The first-order chi connectivity index (χ1) is 20.9. The van der Waals surface area contributed by atoms with Crippen molar-refractivity contribution in [1.29, 1.82) is 0 Å². The number of hydrogen-bond acceptors (Lipinski definition) is 7. The summed E-state index contributed by atoms with van der Waals surface area (Å²) >= 11 is 0. The maximum Gasteiger partial charge on any atom is 0.279 e.